The van der Waals surface area contributed by atoms with Crippen molar-refractivity contribution in [3.63, 3.8) is 0 Å². The van der Waals surface area contributed by atoms with Gasteiger partial charge < -0.3 is 15.4 Å². The summed E-state index contributed by atoms with van der Waals surface area (Å²) in [5.74, 6) is 0.624. The third-order valence-corrected chi connectivity index (χ3v) is 4.27. The molecule has 0 aromatic carbocycles. The maximum atomic E-state index is 11.7. The van der Waals surface area contributed by atoms with Gasteiger partial charge in [0, 0.05) is 6.54 Å². The first-order chi connectivity index (χ1) is 9.45. The summed E-state index contributed by atoms with van der Waals surface area (Å²) in [7, 11) is 2.20. The fraction of sp³-hybridized carbons (Fsp3) is 0.938. The Morgan fingerprint density at radius 1 is 1.35 bits per heavy atom. The zero-order valence-corrected chi connectivity index (χ0v) is 13.5. The van der Waals surface area contributed by atoms with E-state index in [1.54, 1.807) is 6.92 Å². The van der Waals surface area contributed by atoms with Crippen LogP contribution in [-0.2, 0) is 9.53 Å². The summed E-state index contributed by atoms with van der Waals surface area (Å²) in [6.45, 7) is 6.29. The molecule has 0 radical (unpaired) electrons. The van der Waals surface area contributed by atoms with Crippen molar-refractivity contribution in [2.75, 3.05) is 26.7 Å². The Bertz CT molecular complexity index is 286. The fourth-order valence-electron chi connectivity index (χ4n) is 3.00. The quantitative estimate of drug-likeness (QED) is 0.522. The molecule has 2 N–H and O–H groups in total. The second-order valence-corrected chi connectivity index (χ2v) is 6.51. The maximum Gasteiger partial charge on any atom is 0.325 e. The lowest BCUT2D eigenvalue weighted by molar-refractivity contribution is -0.149. The normalized spacial score (nSPS) is 19.2. The highest BCUT2D eigenvalue weighted by molar-refractivity contribution is 5.79. The van der Waals surface area contributed by atoms with Crippen LogP contribution >= 0.6 is 0 Å². The van der Waals surface area contributed by atoms with Gasteiger partial charge >= 0.3 is 5.97 Å². The van der Waals surface area contributed by atoms with Gasteiger partial charge in [0.2, 0.25) is 0 Å². The Morgan fingerprint density at radius 2 is 2.00 bits per heavy atom. The van der Waals surface area contributed by atoms with Crippen molar-refractivity contribution in [3.8, 4) is 0 Å². The van der Waals surface area contributed by atoms with Gasteiger partial charge in [0.05, 0.1) is 6.61 Å². The molecule has 0 bridgehead atoms. The van der Waals surface area contributed by atoms with Crippen LogP contribution in [0.5, 0.6) is 0 Å². The lowest BCUT2D eigenvalue weighted by Crippen LogP contribution is -2.46. The Morgan fingerprint density at radius 3 is 2.60 bits per heavy atom. The fourth-order valence-corrected chi connectivity index (χ4v) is 3.00. The second-order valence-electron chi connectivity index (χ2n) is 6.51. The maximum absolute atomic E-state index is 11.7. The van der Waals surface area contributed by atoms with Crippen LogP contribution in [0.1, 0.15) is 58.8 Å². The van der Waals surface area contributed by atoms with Gasteiger partial charge in [0.15, 0.2) is 0 Å². The number of nitrogens with zero attached hydrogens (tertiary/aromatic N) is 1. The standard InChI is InChI=1S/C16H32N2O2/c1-4-20-15(19)16(2,17)11-7-8-12-18(3)13-14-9-5-6-10-14/h14H,4-13,17H2,1-3H3. The van der Waals surface area contributed by atoms with E-state index in [2.05, 4.69) is 11.9 Å². The number of hydrogen-bond acceptors (Lipinski definition) is 4. The number of ether oxygens (including phenoxy) is 1. The molecule has 4 heteroatoms. The molecule has 1 aliphatic rings. The Labute approximate surface area is 124 Å². The molecule has 1 aliphatic carbocycles. The Balaban J connectivity index is 2.12. The topological polar surface area (TPSA) is 55.6 Å². The number of rotatable bonds is 9. The summed E-state index contributed by atoms with van der Waals surface area (Å²) in [6, 6.07) is 0. The summed E-state index contributed by atoms with van der Waals surface area (Å²) < 4.78 is 5.00. The molecule has 0 saturated heterocycles. The number of esters is 1. The van der Waals surface area contributed by atoms with E-state index in [1.165, 1.54) is 32.2 Å². The van der Waals surface area contributed by atoms with Crippen LogP contribution in [0.2, 0.25) is 0 Å². The monoisotopic (exact) mass is 284 g/mol. The van der Waals surface area contributed by atoms with Crippen LogP contribution in [0, 0.1) is 5.92 Å². The minimum absolute atomic E-state index is 0.278. The molecular weight excluding hydrogens is 252 g/mol. The van der Waals surface area contributed by atoms with Crippen LogP contribution in [0.25, 0.3) is 0 Å². The highest BCUT2D eigenvalue weighted by Gasteiger charge is 2.29. The predicted molar refractivity (Wildman–Crippen MR) is 82.5 cm³/mol. The van der Waals surface area contributed by atoms with Gasteiger partial charge in [-0.15, -0.1) is 0 Å². The molecule has 1 unspecified atom stereocenters. The lowest BCUT2D eigenvalue weighted by Gasteiger charge is -2.24. The van der Waals surface area contributed by atoms with E-state index >= 15 is 0 Å². The van der Waals surface area contributed by atoms with Crippen LogP contribution in [-0.4, -0.2) is 43.2 Å². The first kappa shape index (κ1) is 17.4. The lowest BCUT2D eigenvalue weighted by atomic mass is 9.96. The van der Waals surface area contributed by atoms with Crippen LogP contribution in [0.15, 0.2) is 0 Å². The molecule has 1 atom stereocenters. The number of nitrogens with two attached hydrogens (primary N) is 1. The average molecular weight is 284 g/mol. The molecular formula is C16H32N2O2. The predicted octanol–water partition coefficient (Wildman–Crippen LogP) is 2.56. The summed E-state index contributed by atoms with van der Waals surface area (Å²) in [5, 5.41) is 0. The molecule has 0 aromatic rings. The van der Waals surface area contributed by atoms with Crippen LogP contribution in [0.3, 0.4) is 0 Å². The number of hydrogen-bond donors (Lipinski definition) is 1. The summed E-state index contributed by atoms with van der Waals surface area (Å²) in [4.78, 5) is 14.1. The Kier molecular flexibility index (Phi) is 7.52. The van der Waals surface area contributed by atoms with Crippen molar-refractivity contribution in [2.24, 2.45) is 11.7 Å². The van der Waals surface area contributed by atoms with Gasteiger partial charge in [-0.2, -0.15) is 0 Å². The highest BCUT2D eigenvalue weighted by atomic mass is 16.5. The molecule has 0 aromatic heterocycles. The molecule has 1 fully saturated rings. The molecule has 20 heavy (non-hydrogen) atoms. The molecule has 118 valence electrons. The average Bonchev–Trinajstić information content (AvgIpc) is 2.88. The summed E-state index contributed by atoms with van der Waals surface area (Å²) in [6.07, 6.45) is 8.37. The first-order valence-corrected chi connectivity index (χ1v) is 8.10. The molecule has 0 spiro atoms. The van der Waals surface area contributed by atoms with Crippen molar-refractivity contribution in [2.45, 2.75) is 64.3 Å². The summed E-state index contributed by atoms with van der Waals surface area (Å²) >= 11 is 0. The largest absolute Gasteiger partial charge is 0.465 e. The SMILES string of the molecule is CCOC(=O)C(C)(N)CCCCN(C)CC1CCCC1. The van der Waals surface area contributed by atoms with Crippen molar-refractivity contribution in [3.05, 3.63) is 0 Å². The van der Waals surface area contributed by atoms with Gasteiger partial charge in [0.1, 0.15) is 5.54 Å². The molecule has 1 saturated carbocycles. The molecule has 4 nitrogen and oxygen atoms in total. The van der Waals surface area contributed by atoms with Gasteiger partial charge in [-0.05, 0) is 65.5 Å². The van der Waals surface area contributed by atoms with E-state index in [0.717, 1.165) is 25.3 Å². The van der Waals surface area contributed by atoms with E-state index in [0.29, 0.717) is 13.0 Å². The van der Waals surface area contributed by atoms with E-state index in [4.69, 9.17) is 10.5 Å². The highest BCUT2D eigenvalue weighted by Crippen LogP contribution is 2.25. The summed E-state index contributed by atoms with van der Waals surface area (Å²) in [5.41, 5.74) is 5.17. The molecule has 1 rings (SSSR count). The Hall–Kier alpha value is -0.610. The van der Waals surface area contributed by atoms with Crippen LogP contribution < -0.4 is 5.73 Å². The van der Waals surface area contributed by atoms with Crippen molar-refractivity contribution < 1.29 is 9.53 Å². The van der Waals surface area contributed by atoms with Gasteiger partial charge in [-0.3, -0.25) is 4.79 Å². The first-order valence-electron chi connectivity index (χ1n) is 8.10. The number of carbonyl (C=O) groups excluding carboxylic acids is 1. The zero-order valence-electron chi connectivity index (χ0n) is 13.5. The third kappa shape index (κ3) is 6.23. The van der Waals surface area contributed by atoms with E-state index in [9.17, 15) is 4.79 Å². The van der Waals surface area contributed by atoms with Crippen molar-refractivity contribution in [1.82, 2.24) is 4.90 Å². The van der Waals surface area contributed by atoms with E-state index in [1.807, 2.05) is 6.92 Å². The van der Waals surface area contributed by atoms with Crippen LogP contribution in [0.4, 0.5) is 0 Å². The van der Waals surface area contributed by atoms with Crippen molar-refractivity contribution in [1.29, 1.82) is 0 Å². The van der Waals surface area contributed by atoms with Crippen molar-refractivity contribution >= 4 is 5.97 Å². The molecule has 0 heterocycles. The zero-order chi connectivity index (χ0) is 15.0. The third-order valence-electron chi connectivity index (χ3n) is 4.27. The molecule has 0 aliphatic heterocycles. The van der Waals surface area contributed by atoms with E-state index in [-0.39, 0.29) is 5.97 Å². The smallest absolute Gasteiger partial charge is 0.325 e. The number of carbonyl (C=O) groups is 1. The van der Waals surface area contributed by atoms with Gasteiger partial charge in [0.25, 0.3) is 0 Å². The second kappa shape index (κ2) is 8.63. The van der Waals surface area contributed by atoms with Gasteiger partial charge in [-0.25, -0.2) is 0 Å². The van der Waals surface area contributed by atoms with Gasteiger partial charge in [-0.1, -0.05) is 12.8 Å². The number of unbranched alkanes of at least 4 members (excludes halogenated alkanes) is 1. The minimum Gasteiger partial charge on any atom is -0.465 e. The van der Waals surface area contributed by atoms with E-state index < -0.39 is 5.54 Å². The minimum atomic E-state index is -0.833. The molecule has 0 amide bonds.